The molecular weight excluding hydrogens is 1580 g/mol. The summed E-state index contributed by atoms with van der Waals surface area (Å²) >= 11 is 0. The first-order valence-corrected chi connectivity index (χ1v) is 42.3. The summed E-state index contributed by atoms with van der Waals surface area (Å²) in [6.07, 6.45) is 26.5. The molecule has 13 heterocycles. The van der Waals surface area contributed by atoms with E-state index in [2.05, 4.69) is 134 Å². The minimum atomic E-state index is -0.731. The van der Waals surface area contributed by atoms with Gasteiger partial charge in [-0.2, -0.15) is 0 Å². The van der Waals surface area contributed by atoms with E-state index in [1.54, 1.807) is 72.8 Å². The van der Waals surface area contributed by atoms with Crippen LogP contribution in [0.3, 0.4) is 0 Å². The average molecular weight is 1700 g/mol. The molecule has 7 aliphatic rings. The van der Waals surface area contributed by atoms with Crippen LogP contribution in [0.1, 0.15) is 127 Å². The Morgan fingerprint density at radius 1 is 0.508 bits per heavy atom. The lowest BCUT2D eigenvalue weighted by Crippen LogP contribution is -2.55. The number of piperazine rings is 3. The monoisotopic (exact) mass is 1690 g/mol. The number of hydrogen-bond donors (Lipinski definition) is 8. The Hall–Kier alpha value is -12.1. The van der Waals surface area contributed by atoms with Crippen molar-refractivity contribution < 1.29 is 43.2 Å². The Labute approximate surface area is 721 Å². The van der Waals surface area contributed by atoms with Crippen LogP contribution in [0.5, 0.6) is 17.6 Å². The third-order valence-corrected chi connectivity index (χ3v) is 23.4. The number of ether oxygens (including phenoxy) is 4. The summed E-state index contributed by atoms with van der Waals surface area (Å²) < 4.78 is 26.6. The maximum Gasteiger partial charge on any atom is 0.256 e. The second-order valence-corrected chi connectivity index (χ2v) is 32.6. The molecule has 656 valence electrons. The number of hydrogen-bond acceptors (Lipinski definition) is 30. The van der Waals surface area contributed by atoms with Crippen LogP contribution in [-0.2, 0) is 57.3 Å². The number of methoxy groups -OCH3 is 3. The van der Waals surface area contributed by atoms with E-state index in [9.17, 15) is 24.3 Å². The van der Waals surface area contributed by atoms with E-state index in [0.717, 1.165) is 143 Å². The number of β-amino-alcohol motifs (C(OH)–C–C–N with tert-alkyl or cyclic N) is 1. The fourth-order valence-electron chi connectivity index (χ4n) is 16.8. The molecule has 4 amide bonds. The van der Waals surface area contributed by atoms with Gasteiger partial charge >= 0.3 is 0 Å². The van der Waals surface area contributed by atoms with Crippen LogP contribution in [0, 0.1) is 20.8 Å². The van der Waals surface area contributed by atoms with Crippen LogP contribution in [0.15, 0.2) is 92.2 Å². The highest BCUT2D eigenvalue weighted by Crippen LogP contribution is 2.41. The zero-order chi connectivity index (χ0) is 87.6. The zero-order valence-corrected chi connectivity index (χ0v) is 73.2. The van der Waals surface area contributed by atoms with Crippen molar-refractivity contribution >= 4 is 92.7 Å². The molecule has 3 atom stereocenters. The van der Waals surface area contributed by atoms with Crippen molar-refractivity contribution in [1.29, 1.82) is 0 Å². The maximum absolute atomic E-state index is 13.5. The van der Waals surface area contributed by atoms with Crippen molar-refractivity contribution in [2.45, 2.75) is 124 Å². The van der Waals surface area contributed by atoms with Gasteiger partial charge in [-0.25, -0.2) is 44.9 Å². The predicted octanol–water partition coefficient (Wildman–Crippen LogP) is 6.88. The van der Waals surface area contributed by atoms with E-state index in [4.69, 9.17) is 39.6 Å². The Morgan fingerprint density at radius 3 is 1.20 bits per heavy atom. The van der Waals surface area contributed by atoms with Gasteiger partial charge in [-0.1, -0.05) is 39.0 Å². The molecule has 9 N–H and O–H groups in total. The van der Waals surface area contributed by atoms with Gasteiger partial charge in [0.05, 0.1) is 107 Å². The number of amides is 4. The number of nitrogens with two attached hydrogens (primary N) is 1. The van der Waals surface area contributed by atoms with Gasteiger partial charge < -0.3 is 71.5 Å². The largest absolute Gasteiger partial charge is 0.478 e. The zero-order valence-electron chi connectivity index (χ0n) is 73.2. The molecule has 4 aliphatic heterocycles. The normalized spacial score (nSPS) is 16.9. The fourth-order valence-corrected chi connectivity index (χ4v) is 16.8. The molecular formula is C87H114N28O9. The molecule has 0 aromatic carbocycles. The number of nitrogens with zero attached hydrogens (tertiary/aromatic N) is 21. The molecule has 0 spiro atoms. The Morgan fingerprint density at radius 2 is 0.863 bits per heavy atom. The summed E-state index contributed by atoms with van der Waals surface area (Å²) in [6, 6.07) is 5.37. The molecule has 4 saturated heterocycles. The molecule has 124 heavy (non-hydrogen) atoms. The number of fused-ring (bicyclic) bond motifs is 3. The average Bonchev–Trinajstić information content (AvgIpc) is 1.63. The smallest absolute Gasteiger partial charge is 0.256 e. The lowest BCUT2D eigenvalue weighted by molar-refractivity contribution is -0.132. The van der Waals surface area contributed by atoms with Crippen molar-refractivity contribution in [1.82, 2.24) is 104 Å². The van der Waals surface area contributed by atoms with Crippen LogP contribution in [0.4, 0.5) is 52.4 Å². The van der Waals surface area contributed by atoms with Crippen LogP contribution in [0.25, 0.3) is 16.7 Å². The highest BCUT2D eigenvalue weighted by molar-refractivity contribution is 5.99. The van der Waals surface area contributed by atoms with E-state index in [0.29, 0.717) is 148 Å². The number of rotatable bonds is 28. The third kappa shape index (κ3) is 20.1. The Balaban J connectivity index is 0.000000151. The fraction of sp³-hybridized carbons (Fsp3) is 0.471. The van der Waals surface area contributed by atoms with Gasteiger partial charge in [0, 0.05) is 170 Å². The number of aromatic nitrogens is 15. The molecule has 37 nitrogen and oxygen atoms in total. The molecule has 3 unspecified atom stereocenters. The number of anilines is 9. The summed E-state index contributed by atoms with van der Waals surface area (Å²) in [5.74, 6) is 4.25. The summed E-state index contributed by atoms with van der Waals surface area (Å²) in [6.45, 7) is 26.9. The summed E-state index contributed by atoms with van der Waals surface area (Å²) in [7, 11) is 10.5. The standard InChI is InChI=1S/C30H41N9O3.C29H37N9O3.C28H36N10O3/c1-7-24(39-14-12-38(13-15-39)18-30(3,4)41)27(40)35-26-22-9-8-21(20(22)10-11-31-26)25-19(2)16-32-29(34-25)33-23-17-37(5)36-28(23)42-6;1-5-24(37-12-10-36(3)11-13-37)27(39)34-26-22-7-6-21(20(22)8-9-30-26)25-18(2)14-31-29(33-25)32-23-15-38(19-16-41-17-19)35-28(23)40-4;1-5-22(37-10-12-38(13-11-37)23(39)14-29)26(40)34-25-20-7-6-19(18(20)8-9-30-25)24-17(2)15-31-28(33-24)32-21-16-36(3)35-27(21)41-4/h8,10-11,16-17,24,41H,7,9,12-15,18H2,1-6H3,(H,31,35,40)(H,32,33,34);6,8-9,14-15,19,24H,5,7,10-13,16-17H2,1-4H3,(H,30,34,39)(H,31,32,33);6,8-9,15-16,22H,5,7,10-14,29H2,1-4H3,(H,30,34,40)(H,31,32,33). The highest BCUT2D eigenvalue weighted by atomic mass is 16.5. The van der Waals surface area contributed by atoms with E-state index in [-0.39, 0.29) is 54.3 Å². The molecule has 16 rings (SSSR count). The SMILES string of the molecule is CCC(C(=O)Nc1nccc2c1CC=C2c1nc(Nc2cn(C)nc2OC)ncc1C)N1CCN(C(=O)CN)CC1.CCC(C(=O)Nc1nccc2c1CC=C2c1nc(Nc2cn(C)nc2OC)ncc1C)N1CCN(CC(C)(C)O)CC1.CCC(C(=O)Nc1nccc2c1CC=C2c1nc(Nc2cn(C3COC3)nc2OC)ncc1C)N1CCN(C)CC1. The van der Waals surface area contributed by atoms with Gasteiger partial charge in [0.2, 0.25) is 41.5 Å². The minimum Gasteiger partial charge on any atom is -0.478 e. The van der Waals surface area contributed by atoms with E-state index < -0.39 is 5.60 Å². The molecule has 4 fully saturated rings. The number of aliphatic hydroxyl groups is 1. The van der Waals surface area contributed by atoms with Crippen molar-refractivity contribution in [3.05, 3.63) is 159 Å². The molecule has 0 radical (unpaired) electrons. The van der Waals surface area contributed by atoms with Crippen molar-refractivity contribution in [2.24, 2.45) is 19.8 Å². The number of carbonyl (C=O) groups is 4. The van der Waals surface area contributed by atoms with E-state index >= 15 is 0 Å². The number of pyridine rings is 3. The van der Waals surface area contributed by atoms with Crippen molar-refractivity contribution in [3.8, 4) is 17.6 Å². The number of likely N-dealkylation sites (N-methyl/N-ethyl adjacent to an activating group) is 1. The molecule has 37 heteroatoms. The summed E-state index contributed by atoms with van der Waals surface area (Å²) in [5.41, 5.74) is 20.9. The molecule has 9 aromatic rings. The van der Waals surface area contributed by atoms with Gasteiger partial charge in [-0.15, -0.1) is 15.3 Å². The van der Waals surface area contributed by atoms with Crippen molar-refractivity contribution in [3.63, 3.8) is 0 Å². The number of aryl methyl sites for hydroxylation is 5. The minimum absolute atomic E-state index is 0.000868. The van der Waals surface area contributed by atoms with Gasteiger partial charge in [-0.05, 0) is 132 Å². The second-order valence-electron chi connectivity index (χ2n) is 32.6. The highest BCUT2D eigenvalue weighted by Gasteiger charge is 2.36. The van der Waals surface area contributed by atoms with Crippen LogP contribution >= 0.6 is 0 Å². The van der Waals surface area contributed by atoms with Gasteiger partial charge in [0.1, 0.15) is 34.5 Å². The quantitative estimate of drug-likeness (QED) is 0.0247. The third-order valence-electron chi connectivity index (χ3n) is 23.4. The van der Waals surface area contributed by atoms with Gasteiger partial charge in [-0.3, -0.25) is 52.8 Å². The number of carbonyl (C=O) groups excluding carboxylic acids is 4. The van der Waals surface area contributed by atoms with Gasteiger partial charge in [0.15, 0.2) is 0 Å². The molecule has 9 aromatic heterocycles. The van der Waals surface area contributed by atoms with Crippen LogP contribution in [-0.4, -0.2) is 289 Å². The van der Waals surface area contributed by atoms with E-state index in [1.165, 1.54) is 0 Å². The second kappa shape index (κ2) is 39.2. The Bertz CT molecular complexity index is 5450. The molecule has 0 bridgehead atoms. The lowest BCUT2D eigenvalue weighted by Gasteiger charge is -2.40. The molecule has 0 saturated carbocycles. The number of nitrogens with one attached hydrogen (secondary N) is 6. The topological polar surface area (TPSA) is 413 Å². The van der Waals surface area contributed by atoms with E-state index in [1.807, 2.05) is 104 Å². The predicted molar refractivity (Wildman–Crippen MR) is 472 cm³/mol. The van der Waals surface area contributed by atoms with Gasteiger partial charge in [0.25, 0.3) is 17.6 Å². The summed E-state index contributed by atoms with van der Waals surface area (Å²) in [4.78, 5) is 107. The first kappa shape index (κ1) is 88.2. The summed E-state index contributed by atoms with van der Waals surface area (Å²) in [5, 5.41) is 42.3. The van der Waals surface area contributed by atoms with Crippen LogP contribution < -0.4 is 51.8 Å². The Kier molecular flexibility index (Phi) is 27.9. The van der Waals surface area contributed by atoms with Crippen LogP contribution in [0.2, 0.25) is 0 Å². The van der Waals surface area contributed by atoms with Crippen molar-refractivity contribution in [2.75, 3.05) is 165 Å². The maximum atomic E-state index is 13.5. The number of allylic oxidation sites excluding steroid dienone is 3. The lowest BCUT2D eigenvalue weighted by atomic mass is 10.0. The molecule has 3 aliphatic carbocycles. The first-order chi connectivity index (χ1) is 59.8. The first-order valence-electron chi connectivity index (χ1n) is 42.3.